The van der Waals surface area contributed by atoms with E-state index in [1.54, 1.807) is 26.8 Å². The molecule has 0 amide bonds. The van der Waals surface area contributed by atoms with Gasteiger partial charge in [0.1, 0.15) is 11.2 Å². The van der Waals surface area contributed by atoms with Crippen LogP contribution in [0.25, 0.3) is 55.4 Å². The van der Waals surface area contributed by atoms with Gasteiger partial charge in [-0.2, -0.15) is 5.26 Å². The topological polar surface area (TPSA) is 49.8 Å². The summed E-state index contributed by atoms with van der Waals surface area (Å²) in [4.78, 5) is 4.58. The van der Waals surface area contributed by atoms with Gasteiger partial charge in [0.25, 0.3) is 0 Å². The molecule has 2 heterocycles. The summed E-state index contributed by atoms with van der Waals surface area (Å²) in [6, 6.07) is 28.7. The van der Waals surface area contributed by atoms with Gasteiger partial charge in [0.2, 0.25) is 0 Å². The lowest BCUT2D eigenvalue weighted by Crippen LogP contribution is -2.48. The molecule has 242 valence electrons. The lowest BCUT2D eigenvalue weighted by Gasteiger charge is -2.51. The van der Waals surface area contributed by atoms with Gasteiger partial charge >= 0.3 is 0 Å². The second kappa shape index (κ2) is 10.7. The average molecular weight is 636 g/mol. The van der Waals surface area contributed by atoms with Crippen LogP contribution in [0.3, 0.4) is 0 Å². The number of aromatic nitrogens is 1. The third kappa shape index (κ3) is 4.64. The molecule has 2 aromatic heterocycles. The molecular weight excluding hydrogens is 585 g/mol. The van der Waals surface area contributed by atoms with Gasteiger partial charge in [-0.1, -0.05) is 111 Å². The fourth-order valence-corrected chi connectivity index (χ4v) is 7.72. The number of hydrogen-bond acceptors (Lipinski definition) is 3. The van der Waals surface area contributed by atoms with E-state index in [2.05, 4.69) is 95.1 Å². The first-order valence-corrected chi connectivity index (χ1v) is 16.7. The molecule has 0 spiro atoms. The molecule has 0 radical (unpaired) electrons. The average Bonchev–Trinajstić information content (AvgIpc) is 3.47. The maximum Gasteiger partial charge on any atom is 0.144 e. The number of hydrogen-bond donors (Lipinski definition) is 0. The molecule has 0 saturated heterocycles. The smallest absolute Gasteiger partial charge is 0.144 e. The lowest BCUT2D eigenvalue weighted by atomic mass is 9.52. The van der Waals surface area contributed by atoms with Crippen molar-refractivity contribution in [2.45, 2.75) is 86.4 Å². The Morgan fingerprint density at radius 1 is 0.792 bits per heavy atom. The van der Waals surface area contributed by atoms with E-state index in [0.717, 1.165) is 16.3 Å². The van der Waals surface area contributed by atoms with Gasteiger partial charge in [-0.25, -0.2) is 0 Å². The number of rotatable bonds is 3. The van der Waals surface area contributed by atoms with E-state index in [0.29, 0.717) is 33.6 Å². The summed E-state index contributed by atoms with van der Waals surface area (Å²) in [5.41, 5.74) is 7.60. The van der Waals surface area contributed by atoms with Gasteiger partial charge in [-0.3, -0.25) is 4.98 Å². The highest BCUT2D eigenvalue weighted by Crippen LogP contribution is 2.60. The second-order valence-electron chi connectivity index (χ2n) is 15.9. The highest BCUT2D eigenvalue weighted by molar-refractivity contribution is 6.13. The molecule has 3 nitrogen and oxygen atoms in total. The highest BCUT2D eigenvalue weighted by atomic mass is 16.3. The molecule has 1 aliphatic carbocycles. The zero-order valence-corrected chi connectivity index (χ0v) is 29.4. The molecule has 3 heteroatoms. The van der Waals surface area contributed by atoms with Gasteiger partial charge < -0.3 is 4.42 Å². The van der Waals surface area contributed by atoms with Crippen LogP contribution in [0.1, 0.15) is 97.0 Å². The molecule has 0 atom stereocenters. The van der Waals surface area contributed by atoms with Crippen LogP contribution < -0.4 is 0 Å². The summed E-state index contributed by atoms with van der Waals surface area (Å²) < 4.78 is 49.4. The SMILES string of the molecule is [2H]C([2H])([2H])c1cnc(-c2cccc3c2oc2c(-c4ccc5c(c4)C(C)(C)C(C)(C)C(C)(C)c4ccccc4-5)c(C#N)ccc23)cc1C([2H])([2H])C(C)(C)C. The molecule has 6 aromatic rings. The highest BCUT2D eigenvalue weighted by Gasteiger charge is 2.52. The maximum absolute atomic E-state index is 10.5. The Labute approximate surface area is 292 Å². The van der Waals surface area contributed by atoms with Gasteiger partial charge in [-0.15, -0.1) is 0 Å². The largest absolute Gasteiger partial charge is 0.455 e. The van der Waals surface area contributed by atoms with Crippen LogP contribution in [0.15, 0.2) is 89.5 Å². The van der Waals surface area contributed by atoms with Crippen molar-refractivity contribution >= 4 is 21.9 Å². The third-order valence-electron chi connectivity index (χ3n) is 11.5. The van der Waals surface area contributed by atoms with Gasteiger partial charge in [0, 0.05) is 34.9 Å². The molecular formula is C45H46N2O. The quantitative estimate of drug-likeness (QED) is 0.194. The van der Waals surface area contributed by atoms with E-state index in [1.807, 2.05) is 30.3 Å². The molecule has 0 bridgehead atoms. The third-order valence-corrected chi connectivity index (χ3v) is 11.5. The fraction of sp³-hybridized carbons (Fsp3) is 0.333. The minimum atomic E-state index is -2.55. The number of aryl methyl sites for hydroxylation is 1. The minimum absolute atomic E-state index is 0.0795. The Hall–Kier alpha value is -4.68. The number of para-hydroxylation sites is 1. The lowest BCUT2D eigenvalue weighted by molar-refractivity contribution is 0.0948. The molecule has 0 N–H and O–H groups in total. The van der Waals surface area contributed by atoms with E-state index in [1.165, 1.54) is 28.5 Å². The summed E-state index contributed by atoms with van der Waals surface area (Å²) in [6.45, 7) is 16.8. The molecule has 0 aliphatic heterocycles. The summed E-state index contributed by atoms with van der Waals surface area (Å²) in [5.74, 6) is 0. The molecule has 0 saturated carbocycles. The maximum atomic E-state index is 10.5. The summed E-state index contributed by atoms with van der Waals surface area (Å²) >= 11 is 0. The van der Waals surface area contributed by atoms with Crippen molar-refractivity contribution in [3.05, 3.63) is 113 Å². The van der Waals surface area contributed by atoms with Crippen molar-refractivity contribution < 1.29 is 11.3 Å². The van der Waals surface area contributed by atoms with Crippen LogP contribution in [0.5, 0.6) is 0 Å². The predicted molar refractivity (Wildman–Crippen MR) is 200 cm³/mol. The number of pyridine rings is 1. The Morgan fingerprint density at radius 3 is 2.21 bits per heavy atom. The van der Waals surface area contributed by atoms with Crippen molar-refractivity contribution in [1.29, 1.82) is 5.26 Å². The first kappa shape index (κ1) is 26.3. The molecule has 0 fully saturated rings. The molecule has 4 aromatic carbocycles. The van der Waals surface area contributed by atoms with Crippen LogP contribution in [0.2, 0.25) is 0 Å². The van der Waals surface area contributed by atoms with Crippen LogP contribution in [0.4, 0.5) is 0 Å². The van der Waals surface area contributed by atoms with E-state index >= 15 is 0 Å². The Kier molecular flexibility index (Phi) is 5.84. The number of benzene rings is 4. The molecule has 0 unspecified atom stereocenters. The van der Waals surface area contributed by atoms with E-state index in [4.69, 9.17) is 11.3 Å². The number of fused-ring (bicyclic) bond motifs is 6. The Bertz CT molecular complexity index is 2500. The van der Waals surface area contributed by atoms with Gasteiger partial charge in [0.15, 0.2) is 0 Å². The van der Waals surface area contributed by atoms with Crippen LogP contribution >= 0.6 is 0 Å². The second-order valence-corrected chi connectivity index (χ2v) is 15.9. The Morgan fingerprint density at radius 2 is 1.48 bits per heavy atom. The first-order valence-electron chi connectivity index (χ1n) is 19.2. The minimum Gasteiger partial charge on any atom is -0.455 e. The van der Waals surface area contributed by atoms with Crippen molar-refractivity contribution in [3.63, 3.8) is 0 Å². The van der Waals surface area contributed by atoms with Crippen molar-refractivity contribution in [2.24, 2.45) is 10.8 Å². The molecule has 48 heavy (non-hydrogen) atoms. The van der Waals surface area contributed by atoms with Crippen LogP contribution in [0, 0.1) is 29.0 Å². The summed E-state index contributed by atoms with van der Waals surface area (Å²) in [6.07, 6.45) is -0.700. The first-order chi connectivity index (χ1) is 24.6. The van der Waals surface area contributed by atoms with Crippen molar-refractivity contribution in [3.8, 4) is 39.6 Å². The van der Waals surface area contributed by atoms with Crippen molar-refractivity contribution in [1.82, 2.24) is 4.98 Å². The number of nitriles is 1. The molecule has 7 rings (SSSR count). The van der Waals surface area contributed by atoms with E-state index < -0.39 is 18.6 Å². The van der Waals surface area contributed by atoms with Crippen LogP contribution in [-0.2, 0) is 17.2 Å². The van der Waals surface area contributed by atoms with E-state index in [-0.39, 0.29) is 27.4 Å². The van der Waals surface area contributed by atoms with Crippen LogP contribution in [-0.4, -0.2) is 4.98 Å². The number of furan rings is 1. The fourth-order valence-electron chi connectivity index (χ4n) is 7.72. The Balaban J connectivity index is 1.49. The number of nitrogens with zero attached hydrogens (tertiary/aromatic N) is 2. The zero-order chi connectivity index (χ0) is 38.7. The monoisotopic (exact) mass is 635 g/mol. The zero-order valence-electron chi connectivity index (χ0n) is 34.4. The van der Waals surface area contributed by atoms with Gasteiger partial charge in [0.05, 0.1) is 17.3 Å². The summed E-state index contributed by atoms with van der Waals surface area (Å²) in [7, 11) is 0. The van der Waals surface area contributed by atoms with E-state index in [9.17, 15) is 5.26 Å². The predicted octanol–water partition coefficient (Wildman–Crippen LogP) is 12.3. The molecule has 1 aliphatic rings. The standard InChI is InChI=1S/C45H46N2O/c1-27-26-47-38(23-30(27)24-42(2,3)4)35-16-13-15-33-34-21-19-29(25-46)39(41(34)48-40(33)35)28-18-20-32-31-14-11-12-17-36(31)43(5,6)45(9,10)44(7,8)37(32)22-28/h11-23,26H,24H2,1-10H3/i1D3,24D2. The summed E-state index contributed by atoms with van der Waals surface area (Å²) in [5, 5.41) is 12.1. The normalized spacial score (nSPS) is 18.4. The van der Waals surface area contributed by atoms with Gasteiger partial charge in [-0.05, 0) is 104 Å². The van der Waals surface area contributed by atoms with Crippen molar-refractivity contribution in [2.75, 3.05) is 0 Å².